The van der Waals surface area contributed by atoms with Crippen LogP contribution in [0, 0.1) is 12.8 Å². The molecule has 0 radical (unpaired) electrons. The molecule has 0 saturated heterocycles. The molecule has 0 aliphatic carbocycles. The standard InChI is InChI=1S/C18H26N4O2/c1-13(2)9-11-19-18(23)22(4)12-10-16-20-17(24-21-16)15-7-5-14(3)6-8-15/h5-8,13H,9-12H2,1-4H3,(H,19,23). The molecular weight excluding hydrogens is 304 g/mol. The van der Waals surface area contributed by atoms with E-state index in [0.29, 0.717) is 37.1 Å². The zero-order chi connectivity index (χ0) is 17.5. The Morgan fingerprint density at radius 1 is 1.29 bits per heavy atom. The van der Waals surface area contributed by atoms with Crippen LogP contribution in [0.5, 0.6) is 0 Å². The number of hydrogen-bond donors (Lipinski definition) is 1. The topological polar surface area (TPSA) is 71.3 Å². The molecule has 1 aromatic heterocycles. The van der Waals surface area contributed by atoms with Gasteiger partial charge < -0.3 is 14.7 Å². The number of nitrogens with zero attached hydrogens (tertiary/aromatic N) is 3. The first-order chi connectivity index (χ1) is 11.5. The van der Waals surface area contributed by atoms with Crippen molar-refractivity contribution in [3.05, 3.63) is 35.7 Å². The molecule has 0 saturated carbocycles. The first-order valence-electron chi connectivity index (χ1n) is 8.34. The fourth-order valence-electron chi connectivity index (χ4n) is 2.14. The lowest BCUT2D eigenvalue weighted by molar-refractivity contribution is 0.208. The summed E-state index contributed by atoms with van der Waals surface area (Å²) in [6, 6.07) is 7.86. The molecule has 6 nitrogen and oxygen atoms in total. The lowest BCUT2D eigenvalue weighted by Crippen LogP contribution is -2.39. The van der Waals surface area contributed by atoms with Gasteiger partial charge in [-0.3, -0.25) is 0 Å². The van der Waals surface area contributed by atoms with Crippen molar-refractivity contribution < 1.29 is 9.32 Å². The highest BCUT2D eigenvalue weighted by atomic mass is 16.5. The third-order valence-electron chi connectivity index (χ3n) is 3.78. The molecule has 0 atom stereocenters. The molecule has 0 fully saturated rings. The third kappa shape index (κ3) is 5.37. The van der Waals surface area contributed by atoms with E-state index in [4.69, 9.17) is 4.52 Å². The average Bonchev–Trinajstić information content (AvgIpc) is 3.01. The van der Waals surface area contributed by atoms with Gasteiger partial charge in [0.1, 0.15) is 0 Å². The van der Waals surface area contributed by atoms with E-state index in [-0.39, 0.29) is 6.03 Å². The van der Waals surface area contributed by atoms with Crippen LogP contribution < -0.4 is 5.32 Å². The molecule has 1 aromatic carbocycles. The third-order valence-corrected chi connectivity index (χ3v) is 3.78. The van der Waals surface area contributed by atoms with Gasteiger partial charge in [0, 0.05) is 32.1 Å². The fraction of sp³-hybridized carbons (Fsp3) is 0.500. The second-order valence-corrected chi connectivity index (χ2v) is 6.47. The highest BCUT2D eigenvalue weighted by Crippen LogP contribution is 2.17. The minimum absolute atomic E-state index is 0.0714. The molecule has 0 unspecified atom stereocenters. The Kier molecular flexibility index (Phi) is 6.35. The number of amides is 2. The van der Waals surface area contributed by atoms with Crippen LogP contribution in [-0.2, 0) is 6.42 Å². The lowest BCUT2D eigenvalue weighted by atomic mass is 10.1. The predicted molar refractivity (Wildman–Crippen MR) is 93.7 cm³/mol. The Morgan fingerprint density at radius 3 is 2.67 bits per heavy atom. The van der Waals surface area contributed by atoms with Crippen molar-refractivity contribution in [2.24, 2.45) is 5.92 Å². The SMILES string of the molecule is Cc1ccc(-c2nc(CCN(C)C(=O)NCCC(C)C)no2)cc1. The molecule has 1 heterocycles. The van der Waals surface area contributed by atoms with E-state index < -0.39 is 0 Å². The van der Waals surface area contributed by atoms with E-state index in [1.807, 2.05) is 31.2 Å². The van der Waals surface area contributed by atoms with Crippen LogP contribution in [0.1, 0.15) is 31.7 Å². The second kappa shape index (κ2) is 8.47. The number of benzene rings is 1. The molecule has 6 heteroatoms. The predicted octanol–water partition coefficient (Wildman–Crippen LogP) is 3.28. The Labute approximate surface area is 143 Å². The van der Waals surface area contributed by atoms with E-state index >= 15 is 0 Å². The summed E-state index contributed by atoms with van der Waals surface area (Å²) in [6.45, 7) is 7.54. The van der Waals surface area contributed by atoms with Crippen LogP contribution in [0.3, 0.4) is 0 Å². The summed E-state index contributed by atoms with van der Waals surface area (Å²) in [5.74, 6) is 1.69. The van der Waals surface area contributed by atoms with Gasteiger partial charge >= 0.3 is 6.03 Å². The summed E-state index contributed by atoms with van der Waals surface area (Å²) in [7, 11) is 1.77. The van der Waals surface area contributed by atoms with Crippen LogP contribution in [0.15, 0.2) is 28.8 Å². The van der Waals surface area contributed by atoms with Gasteiger partial charge in [-0.25, -0.2) is 4.79 Å². The molecule has 24 heavy (non-hydrogen) atoms. The minimum Gasteiger partial charge on any atom is -0.338 e. The number of urea groups is 1. The van der Waals surface area contributed by atoms with Gasteiger partial charge in [-0.05, 0) is 31.4 Å². The van der Waals surface area contributed by atoms with Gasteiger partial charge in [0.25, 0.3) is 5.89 Å². The van der Waals surface area contributed by atoms with Crippen LogP contribution >= 0.6 is 0 Å². The highest BCUT2D eigenvalue weighted by Gasteiger charge is 2.12. The number of rotatable bonds is 7. The van der Waals surface area contributed by atoms with Crippen LogP contribution in [0.25, 0.3) is 11.5 Å². The number of likely N-dealkylation sites (N-methyl/N-ethyl adjacent to an activating group) is 1. The molecule has 0 spiro atoms. The van der Waals surface area contributed by atoms with Gasteiger partial charge in [-0.2, -0.15) is 4.98 Å². The minimum atomic E-state index is -0.0714. The maximum absolute atomic E-state index is 12.0. The quantitative estimate of drug-likeness (QED) is 0.846. The Hall–Kier alpha value is -2.37. The number of nitrogens with one attached hydrogen (secondary N) is 1. The molecule has 0 aliphatic heterocycles. The van der Waals surface area contributed by atoms with Gasteiger partial charge in [0.2, 0.25) is 0 Å². The van der Waals surface area contributed by atoms with Gasteiger partial charge in [0.05, 0.1) is 0 Å². The maximum Gasteiger partial charge on any atom is 0.317 e. The number of carbonyl (C=O) groups is 1. The summed E-state index contributed by atoms with van der Waals surface area (Å²) in [4.78, 5) is 18.0. The smallest absolute Gasteiger partial charge is 0.317 e. The fourth-order valence-corrected chi connectivity index (χ4v) is 2.14. The van der Waals surface area contributed by atoms with E-state index in [9.17, 15) is 4.79 Å². The summed E-state index contributed by atoms with van der Waals surface area (Å²) in [5.41, 5.74) is 2.09. The van der Waals surface area contributed by atoms with E-state index in [0.717, 1.165) is 12.0 Å². The first-order valence-corrected chi connectivity index (χ1v) is 8.34. The Bertz CT molecular complexity index is 649. The van der Waals surface area contributed by atoms with Crippen molar-refractivity contribution in [2.45, 2.75) is 33.6 Å². The zero-order valence-electron chi connectivity index (χ0n) is 14.9. The Balaban J connectivity index is 1.82. The number of aryl methyl sites for hydroxylation is 1. The van der Waals surface area contributed by atoms with Gasteiger partial charge in [-0.1, -0.05) is 36.7 Å². The van der Waals surface area contributed by atoms with Crippen molar-refractivity contribution >= 4 is 6.03 Å². The maximum atomic E-state index is 12.0. The molecule has 0 aliphatic rings. The second-order valence-electron chi connectivity index (χ2n) is 6.47. The summed E-state index contributed by atoms with van der Waals surface area (Å²) in [6.07, 6.45) is 1.54. The van der Waals surface area contributed by atoms with E-state index in [2.05, 4.69) is 29.3 Å². The number of carbonyl (C=O) groups excluding carboxylic acids is 1. The van der Waals surface area contributed by atoms with Crippen molar-refractivity contribution in [3.63, 3.8) is 0 Å². The normalized spacial score (nSPS) is 10.9. The molecule has 0 bridgehead atoms. The largest absolute Gasteiger partial charge is 0.338 e. The van der Waals surface area contributed by atoms with Gasteiger partial charge in [0.15, 0.2) is 5.82 Å². The number of hydrogen-bond acceptors (Lipinski definition) is 4. The summed E-state index contributed by atoms with van der Waals surface area (Å²) < 4.78 is 5.29. The molecule has 2 rings (SSSR count). The molecular formula is C18H26N4O2. The molecule has 130 valence electrons. The van der Waals surface area contributed by atoms with E-state index in [1.165, 1.54) is 5.56 Å². The van der Waals surface area contributed by atoms with Crippen molar-refractivity contribution in [1.82, 2.24) is 20.4 Å². The molecule has 1 N–H and O–H groups in total. The lowest BCUT2D eigenvalue weighted by Gasteiger charge is -2.17. The van der Waals surface area contributed by atoms with E-state index in [1.54, 1.807) is 11.9 Å². The summed E-state index contributed by atoms with van der Waals surface area (Å²) in [5, 5.41) is 6.90. The van der Waals surface area contributed by atoms with Crippen LogP contribution in [-0.4, -0.2) is 41.2 Å². The molecule has 2 amide bonds. The van der Waals surface area contributed by atoms with Gasteiger partial charge in [-0.15, -0.1) is 0 Å². The summed E-state index contributed by atoms with van der Waals surface area (Å²) >= 11 is 0. The monoisotopic (exact) mass is 330 g/mol. The Morgan fingerprint density at radius 2 is 2.00 bits per heavy atom. The van der Waals surface area contributed by atoms with Crippen LogP contribution in [0.4, 0.5) is 4.79 Å². The first kappa shape index (κ1) is 18.0. The van der Waals surface area contributed by atoms with Crippen molar-refractivity contribution in [1.29, 1.82) is 0 Å². The zero-order valence-corrected chi connectivity index (χ0v) is 14.9. The average molecular weight is 330 g/mol. The molecule has 2 aromatic rings. The van der Waals surface area contributed by atoms with Crippen molar-refractivity contribution in [3.8, 4) is 11.5 Å². The van der Waals surface area contributed by atoms with Crippen molar-refractivity contribution in [2.75, 3.05) is 20.1 Å². The highest BCUT2D eigenvalue weighted by molar-refractivity contribution is 5.73. The van der Waals surface area contributed by atoms with Crippen LogP contribution in [0.2, 0.25) is 0 Å². The number of aromatic nitrogens is 2.